The average molecular weight is 175 g/mol. The van der Waals surface area contributed by atoms with Gasteiger partial charge in [-0.05, 0) is 20.3 Å². The Balaban J connectivity index is 3.15. The summed E-state index contributed by atoms with van der Waals surface area (Å²) in [5, 5.41) is 0. The molecule has 0 saturated carbocycles. The summed E-state index contributed by atoms with van der Waals surface area (Å²) in [5.74, 6) is 0. The van der Waals surface area contributed by atoms with Gasteiger partial charge in [-0.2, -0.15) is 0 Å². The molecule has 2 atom stereocenters. The first kappa shape index (κ1) is 11.9. The molecule has 0 fully saturated rings. The maximum absolute atomic E-state index is 5.51. The molecule has 12 heavy (non-hydrogen) atoms. The average Bonchev–Trinajstić information content (AvgIpc) is 2.01. The Hall–Kier alpha value is -0.120. The molecule has 0 saturated heterocycles. The molecule has 0 radical (unpaired) electrons. The molecule has 0 aliphatic heterocycles. The van der Waals surface area contributed by atoms with Crippen LogP contribution in [0, 0.1) is 0 Å². The van der Waals surface area contributed by atoms with Crippen molar-refractivity contribution < 1.29 is 9.47 Å². The van der Waals surface area contributed by atoms with Gasteiger partial charge >= 0.3 is 0 Å². The first-order valence-corrected chi connectivity index (χ1v) is 4.65. The third kappa shape index (κ3) is 7.98. The highest BCUT2D eigenvalue weighted by molar-refractivity contribution is 4.48. The van der Waals surface area contributed by atoms with Gasteiger partial charge in [-0.3, -0.25) is 0 Å². The van der Waals surface area contributed by atoms with Crippen LogP contribution in [0.3, 0.4) is 0 Å². The second kappa shape index (κ2) is 7.53. The van der Waals surface area contributed by atoms with E-state index in [4.69, 9.17) is 15.2 Å². The minimum atomic E-state index is -0.123. The molecular formula is C9H21NO2. The van der Waals surface area contributed by atoms with Crippen LogP contribution >= 0.6 is 0 Å². The zero-order chi connectivity index (χ0) is 9.40. The normalized spacial score (nSPS) is 16.0. The van der Waals surface area contributed by atoms with Crippen molar-refractivity contribution in [3.8, 4) is 0 Å². The topological polar surface area (TPSA) is 44.5 Å². The second-order valence-electron chi connectivity index (χ2n) is 3.10. The first-order chi connectivity index (χ1) is 5.66. The zero-order valence-electron chi connectivity index (χ0n) is 8.38. The molecule has 0 spiro atoms. The molecule has 0 rings (SSSR count). The fourth-order valence-electron chi connectivity index (χ4n) is 0.729. The highest BCUT2D eigenvalue weighted by Crippen LogP contribution is 1.97. The molecule has 3 heteroatoms. The fraction of sp³-hybridized carbons (Fsp3) is 1.00. The van der Waals surface area contributed by atoms with Crippen LogP contribution < -0.4 is 5.73 Å². The summed E-state index contributed by atoms with van der Waals surface area (Å²) in [7, 11) is 0. The van der Waals surface area contributed by atoms with Crippen LogP contribution in [0.15, 0.2) is 0 Å². The Morgan fingerprint density at radius 1 is 1.25 bits per heavy atom. The first-order valence-electron chi connectivity index (χ1n) is 4.65. The highest BCUT2D eigenvalue weighted by atomic mass is 16.7. The summed E-state index contributed by atoms with van der Waals surface area (Å²) in [6, 6.07) is 0.0854. The molecule has 0 aromatic heterocycles. The molecule has 0 aliphatic rings. The minimum absolute atomic E-state index is 0.0854. The summed E-state index contributed by atoms with van der Waals surface area (Å²) in [5.41, 5.74) is 5.51. The molecule has 0 amide bonds. The van der Waals surface area contributed by atoms with E-state index in [-0.39, 0.29) is 12.3 Å². The van der Waals surface area contributed by atoms with E-state index in [9.17, 15) is 0 Å². The molecule has 0 heterocycles. The van der Waals surface area contributed by atoms with Crippen LogP contribution in [-0.4, -0.2) is 25.5 Å². The van der Waals surface area contributed by atoms with Crippen molar-refractivity contribution in [2.45, 2.75) is 45.9 Å². The van der Waals surface area contributed by atoms with E-state index in [1.165, 1.54) is 0 Å². The summed E-state index contributed by atoms with van der Waals surface area (Å²) in [6.07, 6.45) is 2.12. The van der Waals surface area contributed by atoms with Crippen LogP contribution in [0.4, 0.5) is 0 Å². The van der Waals surface area contributed by atoms with Crippen molar-refractivity contribution in [2.24, 2.45) is 5.73 Å². The predicted molar refractivity (Wildman–Crippen MR) is 49.9 cm³/mol. The van der Waals surface area contributed by atoms with Gasteiger partial charge in [-0.1, -0.05) is 13.3 Å². The lowest BCUT2D eigenvalue weighted by Gasteiger charge is -2.15. The molecule has 0 aromatic carbocycles. The zero-order valence-corrected chi connectivity index (χ0v) is 8.38. The summed E-state index contributed by atoms with van der Waals surface area (Å²) in [4.78, 5) is 0. The van der Waals surface area contributed by atoms with Crippen LogP contribution in [-0.2, 0) is 9.47 Å². The van der Waals surface area contributed by atoms with E-state index in [2.05, 4.69) is 6.92 Å². The molecule has 0 aliphatic carbocycles. The van der Waals surface area contributed by atoms with Crippen LogP contribution in [0.1, 0.15) is 33.6 Å². The Morgan fingerprint density at radius 3 is 2.42 bits per heavy atom. The number of ether oxygens (including phenoxy) is 2. The van der Waals surface area contributed by atoms with Gasteiger partial charge in [0.05, 0.1) is 6.61 Å². The lowest BCUT2D eigenvalue weighted by atomic mass is 10.4. The highest BCUT2D eigenvalue weighted by Gasteiger charge is 2.02. The number of nitrogens with two attached hydrogens (primary N) is 1. The molecular weight excluding hydrogens is 154 g/mol. The predicted octanol–water partition coefficient (Wildman–Crippen LogP) is 1.51. The SMILES string of the molecule is CCCCOC(C)OCC(C)N. The van der Waals surface area contributed by atoms with Gasteiger partial charge in [0.25, 0.3) is 0 Å². The monoisotopic (exact) mass is 175 g/mol. The quantitative estimate of drug-likeness (QED) is 0.471. The fourth-order valence-corrected chi connectivity index (χ4v) is 0.729. The summed E-state index contributed by atoms with van der Waals surface area (Å²) in [6.45, 7) is 7.29. The van der Waals surface area contributed by atoms with Crippen molar-refractivity contribution in [3.63, 3.8) is 0 Å². The number of rotatable bonds is 7. The Bertz CT molecular complexity index is 96.5. The summed E-state index contributed by atoms with van der Waals surface area (Å²) >= 11 is 0. The van der Waals surface area contributed by atoms with Crippen LogP contribution in [0.5, 0.6) is 0 Å². The largest absolute Gasteiger partial charge is 0.353 e. The van der Waals surface area contributed by atoms with Crippen molar-refractivity contribution >= 4 is 0 Å². The minimum Gasteiger partial charge on any atom is -0.353 e. The van der Waals surface area contributed by atoms with E-state index < -0.39 is 0 Å². The third-order valence-corrected chi connectivity index (χ3v) is 1.44. The summed E-state index contributed by atoms with van der Waals surface area (Å²) < 4.78 is 10.7. The third-order valence-electron chi connectivity index (χ3n) is 1.44. The number of hydrogen-bond acceptors (Lipinski definition) is 3. The lowest BCUT2D eigenvalue weighted by Crippen LogP contribution is -2.26. The number of unbranched alkanes of at least 4 members (excludes halogenated alkanes) is 1. The van der Waals surface area contributed by atoms with Gasteiger partial charge in [0.15, 0.2) is 6.29 Å². The van der Waals surface area contributed by atoms with E-state index in [1.807, 2.05) is 13.8 Å². The molecule has 74 valence electrons. The Kier molecular flexibility index (Phi) is 7.45. The smallest absolute Gasteiger partial charge is 0.154 e. The van der Waals surface area contributed by atoms with Crippen LogP contribution in [0.2, 0.25) is 0 Å². The van der Waals surface area contributed by atoms with Crippen molar-refractivity contribution in [1.29, 1.82) is 0 Å². The maximum atomic E-state index is 5.51. The number of hydrogen-bond donors (Lipinski definition) is 1. The molecule has 3 nitrogen and oxygen atoms in total. The van der Waals surface area contributed by atoms with Gasteiger partial charge in [-0.25, -0.2) is 0 Å². The van der Waals surface area contributed by atoms with Crippen molar-refractivity contribution in [1.82, 2.24) is 0 Å². The lowest BCUT2D eigenvalue weighted by molar-refractivity contribution is -0.132. The van der Waals surface area contributed by atoms with Gasteiger partial charge < -0.3 is 15.2 Å². The van der Waals surface area contributed by atoms with Gasteiger partial charge in [-0.15, -0.1) is 0 Å². The Morgan fingerprint density at radius 2 is 1.92 bits per heavy atom. The standard InChI is InChI=1S/C9H21NO2/c1-4-5-6-11-9(3)12-7-8(2)10/h8-9H,4-7,10H2,1-3H3. The maximum Gasteiger partial charge on any atom is 0.154 e. The Labute approximate surface area is 75.2 Å². The van der Waals surface area contributed by atoms with Crippen molar-refractivity contribution in [2.75, 3.05) is 13.2 Å². The van der Waals surface area contributed by atoms with Gasteiger partial charge in [0.1, 0.15) is 0 Å². The van der Waals surface area contributed by atoms with Gasteiger partial charge in [0, 0.05) is 12.6 Å². The van der Waals surface area contributed by atoms with Crippen LogP contribution in [0.25, 0.3) is 0 Å². The van der Waals surface area contributed by atoms with E-state index in [0.29, 0.717) is 6.61 Å². The molecule has 0 aromatic rings. The van der Waals surface area contributed by atoms with E-state index in [0.717, 1.165) is 19.4 Å². The molecule has 2 N–H and O–H groups in total. The second-order valence-corrected chi connectivity index (χ2v) is 3.10. The van der Waals surface area contributed by atoms with E-state index in [1.54, 1.807) is 0 Å². The molecule has 0 bridgehead atoms. The van der Waals surface area contributed by atoms with Gasteiger partial charge in [0.2, 0.25) is 0 Å². The van der Waals surface area contributed by atoms with E-state index >= 15 is 0 Å². The molecule has 2 unspecified atom stereocenters. The van der Waals surface area contributed by atoms with Crippen molar-refractivity contribution in [3.05, 3.63) is 0 Å².